The summed E-state index contributed by atoms with van der Waals surface area (Å²) in [4.78, 5) is 28.7. The molecule has 1 N–H and O–H groups in total. The molecule has 0 bridgehead atoms. The van der Waals surface area contributed by atoms with Crippen LogP contribution in [-0.2, 0) is 16.0 Å². The van der Waals surface area contributed by atoms with Crippen molar-refractivity contribution in [2.45, 2.75) is 45.8 Å². The van der Waals surface area contributed by atoms with Gasteiger partial charge in [-0.2, -0.15) is 0 Å². The van der Waals surface area contributed by atoms with Crippen LogP contribution >= 0.6 is 0 Å². The van der Waals surface area contributed by atoms with Crippen molar-refractivity contribution in [2.75, 3.05) is 6.61 Å². The number of aromatic nitrogens is 1. The van der Waals surface area contributed by atoms with Crippen LogP contribution in [0.25, 0.3) is 32.8 Å². The van der Waals surface area contributed by atoms with Gasteiger partial charge in [0.25, 0.3) is 5.69 Å². The molecule has 5 rings (SSSR count). The zero-order valence-corrected chi connectivity index (χ0v) is 20.5. The Hall–Kier alpha value is -4.04. The Morgan fingerprint density at radius 2 is 1.97 bits per heavy atom. The monoisotopic (exact) mass is 486 g/mol. The van der Waals surface area contributed by atoms with E-state index in [9.17, 15) is 20.0 Å². The SMILES string of the molecule is Cc1cc2c([N+](=O)[O-])cccc2c(-c2ccc3c4c(ccnc24)CCO3)c1C(OC(C)(C)C)C(=O)O. The van der Waals surface area contributed by atoms with Crippen molar-refractivity contribution >= 4 is 33.3 Å². The molecule has 0 fully saturated rings. The number of aryl methyl sites for hydroxylation is 1. The van der Waals surface area contributed by atoms with Crippen molar-refractivity contribution in [2.24, 2.45) is 0 Å². The molecule has 3 aromatic carbocycles. The molecular weight excluding hydrogens is 460 g/mol. The first-order valence-corrected chi connectivity index (χ1v) is 11.7. The van der Waals surface area contributed by atoms with E-state index in [1.165, 1.54) is 6.07 Å². The molecule has 1 unspecified atom stereocenters. The average Bonchev–Trinajstić information content (AvgIpc) is 2.81. The minimum atomic E-state index is -1.30. The maximum absolute atomic E-state index is 12.6. The summed E-state index contributed by atoms with van der Waals surface area (Å²) in [6.07, 6.45) is 1.16. The summed E-state index contributed by atoms with van der Waals surface area (Å²) in [6.45, 7) is 7.72. The molecule has 1 aliphatic heterocycles. The first-order valence-electron chi connectivity index (χ1n) is 11.7. The summed E-state index contributed by atoms with van der Waals surface area (Å²) in [7, 11) is 0. The highest BCUT2D eigenvalue weighted by Gasteiger charge is 2.33. The molecule has 8 nitrogen and oxygen atoms in total. The molecule has 1 aliphatic rings. The summed E-state index contributed by atoms with van der Waals surface area (Å²) >= 11 is 0. The molecule has 0 spiro atoms. The van der Waals surface area contributed by atoms with Crippen molar-refractivity contribution in [3.05, 3.63) is 75.5 Å². The molecule has 4 aromatic rings. The predicted molar refractivity (Wildman–Crippen MR) is 136 cm³/mol. The van der Waals surface area contributed by atoms with Gasteiger partial charge in [-0.1, -0.05) is 12.1 Å². The zero-order chi connectivity index (χ0) is 25.8. The molecule has 2 heterocycles. The van der Waals surface area contributed by atoms with E-state index in [1.54, 1.807) is 52.1 Å². The number of pyridine rings is 1. The van der Waals surface area contributed by atoms with Gasteiger partial charge in [0.15, 0.2) is 6.10 Å². The van der Waals surface area contributed by atoms with Crippen LogP contribution in [0, 0.1) is 17.0 Å². The van der Waals surface area contributed by atoms with Crippen LogP contribution in [0.2, 0.25) is 0 Å². The predicted octanol–water partition coefficient (Wildman–Crippen LogP) is 6.15. The van der Waals surface area contributed by atoms with E-state index >= 15 is 0 Å². The molecule has 0 saturated carbocycles. The van der Waals surface area contributed by atoms with E-state index in [0.717, 1.165) is 17.4 Å². The molecule has 1 aromatic heterocycles. The van der Waals surface area contributed by atoms with Gasteiger partial charge >= 0.3 is 5.97 Å². The quantitative estimate of drug-likeness (QED) is 0.266. The number of nitrogens with zero attached hydrogens (tertiary/aromatic N) is 2. The maximum Gasteiger partial charge on any atom is 0.337 e. The number of carboxylic acids is 1. The number of ether oxygens (including phenoxy) is 2. The largest absolute Gasteiger partial charge is 0.493 e. The third kappa shape index (κ3) is 3.93. The van der Waals surface area contributed by atoms with Gasteiger partial charge in [-0.3, -0.25) is 15.1 Å². The molecule has 0 amide bonds. The Bertz CT molecular complexity index is 1540. The number of hydrogen-bond acceptors (Lipinski definition) is 6. The normalized spacial score (nSPS) is 14.0. The van der Waals surface area contributed by atoms with E-state index in [1.807, 2.05) is 18.2 Å². The number of non-ortho nitro benzene ring substituents is 1. The van der Waals surface area contributed by atoms with Crippen LogP contribution in [-0.4, -0.2) is 33.2 Å². The standard InChI is InChI=1S/C28H26N2O6/c1-15-14-19-17(6-5-7-20(19)30(33)34)24(22(15)26(27(31)32)36-28(2,3)4)18-8-9-21-23-16(11-13-35-21)10-12-29-25(18)23/h5-10,12,14,26H,11,13H2,1-4H3,(H,31,32). The fourth-order valence-electron chi connectivity index (χ4n) is 5.04. The van der Waals surface area contributed by atoms with Crippen LogP contribution in [0.15, 0.2) is 48.7 Å². The van der Waals surface area contributed by atoms with Gasteiger partial charge in [-0.15, -0.1) is 0 Å². The van der Waals surface area contributed by atoms with Gasteiger partial charge in [0.1, 0.15) is 5.75 Å². The van der Waals surface area contributed by atoms with Crippen LogP contribution in [0.4, 0.5) is 5.69 Å². The Kier molecular flexibility index (Phi) is 5.64. The zero-order valence-electron chi connectivity index (χ0n) is 20.5. The third-order valence-corrected chi connectivity index (χ3v) is 6.40. The van der Waals surface area contributed by atoms with E-state index < -0.39 is 22.6 Å². The maximum atomic E-state index is 12.6. The Morgan fingerprint density at radius 3 is 2.67 bits per heavy atom. The van der Waals surface area contributed by atoms with Gasteiger partial charge in [0.05, 0.1) is 28.0 Å². The molecule has 36 heavy (non-hydrogen) atoms. The van der Waals surface area contributed by atoms with Crippen molar-refractivity contribution in [1.29, 1.82) is 0 Å². The van der Waals surface area contributed by atoms with Gasteiger partial charge in [-0.05, 0) is 74.0 Å². The van der Waals surface area contributed by atoms with Crippen molar-refractivity contribution < 1.29 is 24.3 Å². The van der Waals surface area contributed by atoms with Gasteiger partial charge in [-0.25, -0.2) is 4.79 Å². The topological polar surface area (TPSA) is 112 Å². The molecule has 0 radical (unpaired) electrons. The van der Waals surface area contributed by atoms with E-state index in [4.69, 9.17) is 9.47 Å². The van der Waals surface area contributed by atoms with Crippen LogP contribution in [0.1, 0.15) is 43.6 Å². The average molecular weight is 487 g/mol. The van der Waals surface area contributed by atoms with Gasteiger partial charge in [0.2, 0.25) is 0 Å². The molecular formula is C28H26N2O6. The van der Waals surface area contributed by atoms with Crippen LogP contribution in [0.5, 0.6) is 5.75 Å². The smallest absolute Gasteiger partial charge is 0.337 e. The first kappa shape index (κ1) is 23.7. The van der Waals surface area contributed by atoms with E-state index in [2.05, 4.69) is 4.98 Å². The minimum Gasteiger partial charge on any atom is -0.493 e. The van der Waals surface area contributed by atoms with Crippen molar-refractivity contribution in [1.82, 2.24) is 4.98 Å². The lowest BCUT2D eigenvalue weighted by molar-refractivity contribution is -0.383. The fraction of sp³-hybridized carbons (Fsp3) is 0.286. The molecule has 0 aliphatic carbocycles. The summed E-state index contributed by atoms with van der Waals surface area (Å²) < 4.78 is 12.0. The Labute approximate surface area is 207 Å². The Balaban J connectivity index is 1.95. The summed E-state index contributed by atoms with van der Waals surface area (Å²) in [5, 5.41) is 24.0. The van der Waals surface area contributed by atoms with E-state index in [-0.39, 0.29) is 5.69 Å². The van der Waals surface area contributed by atoms with E-state index in [0.29, 0.717) is 50.9 Å². The number of fused-ring (bicyclic) bond motifs is 1. The highest BCUT2D eigenvalue weighted by molar-refractivity contribution is 6.10. The van der Waals surface area contributed by atoms with Crippen molar-refractivity contribution in [3.8, 4) is 16.9 Å². The second kappa shape index (κ2) is 8.57. The third-order valence-electron chi connectivity index (χ3n) is 6.40. The Morgan fingerprint density at radius 1 is 1.19 bits per heavy atom. The summed E-state index contributed by atoms with van der Waals surface area (Å²) in [5.41, 5.74) is 3.21. The molecule has 8 heteroatoms. The number of benzene rings is 3. The number of carbonyl (C=O) groups is 1. The molecule has 1 atom stereocenters. The summed E-state index contributed by atoms with van der Waals surface area (Å²) in [5.74, 6) is -0.425. The minimum absolute atomic E-state index is 0.0500. The first-order chi connectivity index (χ1) is 17.1. The second-order valence-electron chi connectivity index (χ2n) is 9.96. The van der Waals surface area contributed by atoms with Crippen molar-refractivity contribution in [3.63, 3.8) is 0 Å². The molecule has 0 saturated heterocycles. The number of hydrogen-bond donors (Lipinski definition) is 1. The number of nitro groups is 1. The lowest BCUT2D eigenvalue weighted by atomic mass is 9.85. The molecule has 184 valence electrons. The van der Waals surface area contributed by atoms with Crippen LogP contribution < -0.4 is 4.74 Å². The summed E-state index contributed by atoms with van der Waals surface area (Å²) in [6, 6.07) is 12.2. The lowest BCUT2D eigenvalue weighted by Gasteiger charge is -2.29. The lowest BCUT2D eigenvalue weighted by Crippen LogP contribution is -2.28. The highest BCUT2D eigenvalue weighted by atomic mass is 16.6. The highest BCUT2D eigenvalue weighted by Crippen LogP contribution is 2.46. The van der Waals surface area contributed by atoms with Gasteiger partial charge < -0.3 is 14.6 Å². The number of nitro benzene ring substituents is 1. The van der Waals surface area contributed by atoms with Crippen LogP contribution in [0.3, 0.4) is 0 Å². The number of aliphatic carboxylic acids is 1. The number of carboxylic acid groups (broad SMARTS) is 1. The van der Waals surface area contributed by atoms with Gasteiger partial charge in [0, 0.05) is 35.2 Å². The second-order valence-corrected chi connectivity index (χ2v) is 9.96. The number of rotatable bonds is 5. The fourth-order valence-corrected chi connectivity index (χ4v) is 5.04.